The summed E-state index contributed by atoms with van der Waals surface area (Å²) in [5.41, 5.74) is 16.3. The maximum Gasteiger partial charge on any atom is 0.277 e. The molecule has 1 aliphatic heterocycles. The SMILES string of the molecule is CN(Cc1cc2nc(-c3ccc(N)c(N)c3)nc(N3CCOCC3)c2s1)c1ncc(C(=O)NO)cn1. The fourth-order valence-electron chi connectivity index (χ4n) is 3.88. The zero-order valence-corrected chi connectivity index (χ0v) is 20.3. The van der Waals surface area contributed by atoms with Crippen molar-refractivity contribution in [1.29, 1.82) is 0 Å². The van der Waals surface area contributed by atoms with Crippen LogP contribution >= 0.6 is 11.3 Å². The summed E-state index contributed by atoms with van der Waals surface area (Å²) in [7, 11) is 1.86. The summed E-state index contributed by atoms with van der Waals surface area (Å²) in [4.78, 5) is 34.9. The number of morpholine rings is 1. The lowest BCUT2D eigenvalue weighted by Gasteiger charge is -2.28. The standard InChI is InChI=1S/C23H25N9O3S/c1-31(23-26-10-14(11-27-23)22(33)30-34)12-15-9-18-19(36-15)21(32-4-6-35-7-5-32)29-20(28-18)13-2-3-16(24)17(25)8-13/h2-3,8-11,34H,4-7,12,24-25H2,1H3,(H,30,33). The van der Waals surface area contributed by atoms with E-state index in [1.165, 1.54) is 12.4 Å². The van der Waals surface area contributed by atoms with E-state index in [9.17, 15) is 4.79 Å². The molecule has 0 atom stereocenters. The lowest BCUT2D eigenvalue weighted by atomic mass is 10.1. The van der Waals surface area contributed by atoms with E-state index in [0.29, 0.717) is 42.9 Å². The number of hydroxylamine groups is 1. The van der Waals surface area contributed by atoms with Gasteiger partial charge in [0.2, 0.25) is 5.95 Å². The van der Waals surface area contributed by atoms with Gasteiger partial charge in [0.15, 0.2) is 11.6 Å². The molecule has 5 rings (SSSR count). The number of amides is 1. The quantitative estimate of drug-likeness (QED) is 0.171. The molecule has 0 radical (unpaired) electrons. The van der Waals surface area contributed by atoms with E-state index in [0.717, 1.165) is 39.6 Å². The number of nitrogens with one attached hydrogen (secondary N) is 1. The number of benzene rings is 1. The van der Waals surface area contributed by atoms with Crippen LogP contribution in [0.3, 0.4) is 0 Å². The summed E-state index contributed by atoms with van der Waals surface area (Å²) < 4.78 is 6.53. The fourth-order valence-corrected chi connectivity index (χ4v) is 5.05. The number of rotatable bonds is 6. The van der Waals surface area contributed by atoms with Crippen LogP contribution in [0.15, 0.2) is 36.7 Å². The molecule has 4 heterocycles. The molecular weight excluding hydrogens is 482 g/mol. The van der Waals surface area contributed by atoms with Crippen LogP contribution in [0.1, 0.15) is 15.2 Å². The van der Waals surface area contributed by atoms with E-state index >= 15 is 0 Å². The number of anilines is 4. The lowest BCUT2D eigenvalue weighted by Crippen LogP contribution is -2.36. The molecule has 0 unspecified atom stereocenters. The van der Waals surface area contributed by atoms with Gasteiger partial charge in [0, 0.05) is 43.0 Å². The molecule has 3 aromatic heterocycles. The van der Waals surface area contributed by atoms with Crippen LogP contribution in [0, 0.1) is 0 Å². The van der Waals surface area contributed by atoms with Gasteiger partial charge in [-0.05, 0) is 24.3 Å². The second-order valence-corrected chi connectivity index (χ2v) is 9.45. The normalized spacial score (nSPS) is 13.7. The molecule has 36 heavy (non-hydrogen) atoms. The number of aromatic nitrogens is 4. The highest BCUT2D eigenvalue weighted by atomic mass is 32.1. The third kappa shape index (κ3) is 4.71. The molecule has 1 saturated heterocycles. The van der Waals surface area contributed by atoms with Gasteiger partial charge in [-0.1, -0.05) is 0 Å². The second kappa shape index (κ2) is 9.89. The Morgan fingerprint density at radius 1 is 1.17 bits per heavy atom. The van der Waals surface area contributed by atoms with Gasteiger partial charge in [0.05, 0.1) is 46.9 Å². The van der Waals surface area contributed by atoms with Gasteiger partial charge < -0.3 is 26.0 Å². The Hall–Kier alpha value is -4.07. The first kappa shape index (κ1) is 23.7. The fraction of sp³-hybridized carbons (Fsp3) is 0.261. The second-order valence-electron chi connectivity index (χ2n) is 8.31. The van der Waals surface area contributed by atoms with Crippen molar-refractivity contribution in [3.05, 3.63) is 47.1 Å². The molecule has 0 bridgehead atoms. The van der Waals surface area contributed by atoms with Gasteiger partial charge in [-0.2, -0.15) is 0 Å². The molecule has 4 aromatic rings. The van der Waals surface area contributed by atoms with Gasteiger partial charge in [-0.15, -0.1) is 11.3 Å². The van der Waals surface area contributed by atoms with Gasteiger partial charge in [-0.3, -0.25) is 10.0 Å². The maximum atomic E-state index is 11.5. The maximum absolute atomic E-state index is 11.5. The predicted octanol–water partition coefficient (Wildman–Crippen LogP) is 1.90. The Morgan fingerprint density at radius 2 is 1.92 bits per heavy atom. The van der Waals surface area contributed by atoms with Crippen LogP contribution in [-0.4, -0.2) is 64.4 Å². The molecule has 12 nitrogen and oxygen atoms in total. The van der Waals surface area contributed by atoms with E-state index in [4.69, 9.17) is 31.4 Å². The van der Waals surface area contributed by atoms with Crippen LogP contribution in [0.25, 0.3) is 21.6 Å². The highest BCUT2D eigenvalue weighted by molar-refractivity contribution is 7.19. The molecule has 1 aromatic carbocycles. The van der Waals surface area contributed by atoms with Gasteiger partial charge in [0.25, 0.3) is 5.91 Å². The number of carbonyl (C=O) groups excluding carboxylic acids is 1. The van der Waals surface area contributed by atoms with Crippen molar-refractivity contribution in [2.75, 3.05) is 54.6 Å². The van der Waals surface area contributed by atoms with Crippen LogP contribution in [0.5, 0.6) is 0 Å². The van der Waals surface area contributed by atoms with Crippen LogP contribution in [0.4, 0.5) is 23.1 Å². The van der Waals surface area contributed by atoms with Crippen molar-refractivity contribution in [3.8, 4) is 11.4 Å². The largest absolute Gasteiger partial charge is 0.397 e. The molecule has 0 saturated carbocycles. The van der Waals surface area contributed by atoms with Crippen LogP contribution in [0.2, 0.25) is 0 Å². The van der Waals surface area contributed by atoms with Crippen molar-refractivity contribution >= 4 is 50.6 Å². The Balaban J connectivity index is 1.49. The smallest absolute Gasteiger partial charge is 0.277 e. The number of fused-ring (bicyclic) bond motifs is 1. The van der Waals surface area contributed by atoms with Gasteiger partial charge >= 0.3 is 0 Å². The first-order valence-electron chi connectivity index (χ1n) is 11.2. The minimum atomic E-state index is -0.665. The number of carbonyl (C=O) groups is 1. The third-order valence-electron chi connectivity index (χ3n) is 5.80. The zero-order valence-electron chi connectivity index (χ0n) is 19.5. The number of hydrogen-bond donors (Lipinski definition) is 4. The number of ether oxygens (including phenoxy) is 1. The summed E-state index contributed by atoms with van der Waals surface area (Å²) in [6, 6.07) is 7.46. The Kier molecular flexibility index (Phi) is 6.50. The monoisotopic (exact) mass is 507 g/mol. The summed E-state index contributed by atoms with van der Waals surface area (Å²) in [6.45, 7) is 3.28. The van der Waals surface area contributed by atoms with Crippen LogP contribution < -0.4 is 26.7 Å². The minimum Gasteiger partial charge on any atom is -0.397 e. The van der Waals surface area contributed by atoms with E-state index < -0.39 is 5.91 Å². The van der Waals surface area contributed by atoms with Gasteiger partial charge in [0.1, 0.15) is 0 Å². The lowest BCUT2D eigenvalue weighted by molar-refractivity contribution is 0.0705. The van der Waals surface area contributed by atoms with Crippen molar-refractivity contribution < 1.29 is 14.7 Å². The van der Waals surface area contributed by atoms with Crippen molar-refractivity contribution in [1.82, 2.24) is 25.4 Å². The molecule has 1 fully saturated rings. The Morgan fingerprint density at radius 3 is 2.61 bits per heavy atom. The van der Waals surface area contributed by atoms with Crippen molar-refractivity contribution in [3.63, 3.8) is 0 Å². The van der Waals surface area contributed by atoms with Crippen molar-refractivity contribution in [2.24, 2.45) is 0 Å². The highest BCUT2D eigenvalue weighted by Gasteiger charge is 2.21. The van der Waals surface area contributed by atoms with E-state index in [1.807, 2.05) is 24.1 Å². The third-order valence-corrected chi connectivity index (χ3v) is 6.90. The minimum absolute atomic E-state index is 0.165. The van der Waals surface area contributed by atoms with Gasteiger partial charge in [-0.25, -0.2) is 25.4 Å². The first-order chi connectivity index (χ1) is 17.4. The number of thiophene rings is 1. The number of nitrogens with zero attached hydrogens (tertiary/aromatic N) is 6. The van der Waals surface area contributed by atoms with Crippen molar-refractivity contribution in [2.45, 2.75) is 6.54 Å². The van der Waals surface area contributed by atoms with E-state index in [-0.39, 0.29) is 5.56 Å². The molecule has 0 spiro atoms. The highest BCUT2D eigenvalue weighted by Crippen LogP contribution is 2.35. The molecule has 13 heteroatoms. The molecule has 0 aliphatic carbocycles. The van der Waals surface area contributed by atoms with E-state index in [2.05, 4.69) is 14.9 Å². The number of hydrogen-bond acceptors (Lipinski definition) is 12. The molecule has 1 amide bonds. The topological polar surface area (TPSA) is 169 Å². The average molecular weight is 508 g/mol. The first-order valence-corrected chi connectivity index (χ1v) is 12.0. The Labute approximate surface area is 210 Å². The molecule has 1 aliphatic rings. The summed E-state index contributed by atoms with van der Waals surface area (Å²) in [6.07, 6.45) is 2.73. The van der Waals surface area contributed by atoms with Crippen LogP contribution in [-0.2, 0) is 11.3 Å². The molecule has 6 N–H and O–H groups in total. The zero-order chi connectivity index (χ0) is 25.2. The predicted molar refractivity (Wildman–Crippen MR) is 138 cm³/mol. The molecular formula is C23H25N9O3S. The van der Waals surface area contributed by atoms with E-state index in [1.54, 1.807) is 28.9 Å². The average Bonchev–Trinajstić information content (AvgIpc) is 3.32. The number of nitrogens with two attached hydrogens (primary N) is 2. The summed E-state index contributed by atoms with van der Waals surface area (Å²) >= 11 is 1.62. The summed E-state index contributed by atoms with van der Waals surface area (Å²) in [5.74, 6) is 1.22. The Bertz CT molecular complexity index is 1400. The summed E-state index contributed by atoms with van der Waals surface area (Å²) in [5, 5.41) is 8.77. The molecule has 186 valence electrons. The number of nitrogen functional groups attached to an aromatic ring is 2.